The van der Waals surface area contributed by atoms with Gasteiger partial charge >= 0.3 is 0 Å². The number of carbonyl (C=O) groups excluding carboxylic acids is 1. The summed E-state index contributed by atoms with van der Waals surface area (Å²) in [4.78, 5) is 12.0. The monoisotopic (exact) mass is 252 g/mol. The van der Waals surface area contributed by atoms with Gasteiger partial charge in [-0.15, -0.1) is 6.42 Å². The zero-order valence-electron chi connectivity index (χ0n) is 10.4. The van der Waals surface area contributed by atoms with Crippen LogP contribution in [0.25, 0.3) is 0 Å². The third-order valence-corrected chi connectivity index (χ3v) is 2.55. The Kier molecular flexibility index (Phi) is 4.25. The maximum atomic E-state index is 12.0. The fourth-order valence-electron chi connectivity index (χ4n) is 1.48. The number of nitrogens with one attached hydrogen (secondary N) is 1. The molecule has 17 heavy (non-hydrogen) atoms. The van der Waals surface area contributed by atoms with E-state index < -0.39 is 5.54 Å². The van der Waals surface area contributed by atoms with Crippen LogP contribution in [-0.4, -0.2) is 16.0 Å². The molecule has 1 amide bonds. The minimum atomic E-state index is -0.662. The van der Waals surface area contributed by atoms with Crippen LogP contribution in [0.15, 0.2) is 12.3 Å². The van der Waals surface area contributed by atoms with Crippen LogP contribution in [0.4, 0.5) is 0 Å². The van der Waals surface area contributed by atoms with E-state index in [2.05, 4.69) is 11.2 Å². The molecule has 1 rings (SSSR count). The second-order valence-electron chi connectivity index (χ2n) is 4.46. The van der Waals surface area contributed by atoms with E-state index in [0.29, 0.717) is 10.7 Å². The molecule has 0 saturated heterocycles. The van der Waals surface area contributed by atoms with Crippen molar-refractivity contribution in [2.75, 3.05) is 0 Å². The Morgan fingerprint density at radius 1 is 1.65 bits per heavy atom. The van der Waals surface area contributed by atoms with Gasteiger partial charge in [-0.1, -0.05) is 24.4 Å². The van der Waals surface area contributed by atoms with E-state index in [1.165, 1.54) is 0 Å². The number of nitrogens with zero attached hydrogens (tertiary/aromatic N) is 1. The van der Waals surface area contributed by atoms with Crippen molar-refractivity contribution < 1.29 is 4.79 Å². The second-order valence-corrected chi connectivity index (χ2v) is 4.90. The number of carbonyl (C=O) groups is 1. The summed E-state index contributed by atoms with van der Waals surface area (Å²) in [5, 5.41) is 3.34. The molecule has 0 spiro atoms. The van der Waals surface area contributed by atoms with E-state index in [0.717, 1.165) is 13.0 Å². The number of hydrogen-bond donors (Lipinski definition) is 1. The molecule has 0 aliphatic rings. The van der Waals surface area contributed by atoms with Gasteiger partial charge < -0.3 is 9.88 Å². The van der Waals surface area contributed by atoms with E-state index in [4.69, 9.17) is 18.0 Å². The molecule has 4 heteroatoms. The van der Waals surface area contributed by atoms with E-state index in [9.17, 15) is 4.79 Å². The Bertz CT molecular complexity index is 454. The van der Waals surface area contributed by atoms with Crippen LogP contribution in [0.5, 0.6) is 0 Å². The fraction of sp³-hybridized carbons (Fsp3) is 0.462. The van der Waals surface area contributed by atoms with E-state index in [1.54, 1.807) is 26.1 Å². The predicted molar refractivity (Wildman–Crippen MR) is 70.1 cm³/mol. The van der Waals surface area contributed by atoms with Crippen molar-refractivity contribution in [1.29, 1.82) is 0 Å². The molecular weight excluding hydrogens is 236 g/mol. The predicted octanol–water partition coefficient (Wildman–Crippen LogP) is 2.69. The Hall–Kier alpha value is -1.40. The van der Waals surface area contributed by atoms with Crippen LogP contribution < -0.4 is 5.32 Å². The molecule has 1 N–H and O–H groups in total. The molecule has 0 aliphatic carbocycles. The number of aromatic nitrogens is 1. The molecule has 1 aromatic heterocycles. The first-order valence-corrected chi connectivity index (χ1v) is 5.93. The van der Waals surface area contributed by atoms with Crippen molar-refractivity contribution in [1.82, 2.24) is 9.88 Å². The van der Waals surface area contributed by atoms with E-state index in [1.807, 2.05) is 11.5 Å². The summed E-state index contributed by atoms with van der Waals surface area (Å²) in [7, 11) is 0. The maximum Gasteiger partial charge on any atom is 0.269 e. The molecule has 92 valence electrons. The molecular formula is C13H17ClN2O. The highest BCUT2D eigenvalue weighted by atomic mass is 35.5. The van der Waals surface area contributed by atoms with Crippen LogP contribution in [0.2, 0.25) is 5.02 Å². The summed E-state index contributed by atoms with van der Waals surface area (Å²) >= 11 is 5.91. The first kappa shape index (κ1) is 13.7. The number of hydrogen-bond acceptors (Lipinski definition) is 1. The molecule has 0 aliphatic heterocycles. The van der Waals surface area contributed by atoms with E-state index >= 15 is 0 Å². The zero-order chi connectivity index (χ0) is 13.1. The molecule has 1 aromatic rings. The molecule has 0 unspecified atom stereocenters. The summed E-state index contributed by atoms with van der Waals surface area (Å²) in [6.07, 6.45) is 8.02. The van der Waals surface area contributed by atoms with Gasteiger partial charge in [0.25, 0.3) is 5.91 Å². The Morgan fingerprint density at radius 2 is 2.29 bits per heavy atom. The largest absolute Gasteiger partial charge is 0.342 e. The average molecular weight is 253 g/mol. The number of aryl methyl sites for hydroxylation is 1. The van der Waals surface area contributed by atoms with Crippen LogP contribution in [0.1, 0.15) is 37.7 Å². The van der Waals surface area contributed by atoms with Crippen LogP contribution in [-0.2, 0) is 6.54 Å². The minimum Gasteiger partial charge on any atom is -0.342 e. The minimum absolute atomic E-state index is 0.201. The Balaban J connectivity index is 2.93. The lowest BCUT2D eigenvalue weighted by atomic mass is 10.1. The van der Waals surface area contributed by atoms with Crippen molar-refractivity contribution in [2.24, 2.45) is 0 Å². The van der Waals surface area contributed by atoms with Gasteiger partial charge in [0.15, 0.2) is 0 Å². The summed E-state index contributed by atoms with van der Waals surface area (Å²) in [6, 6.07) is 1.65. The lowest BCUT2D eigenvalue weighted by Gasteiger charge is -2.20. The van der Waals surface area contributed by atoms with Crippen molar-refractivity contribution in [3.8, 4) is 12.3 Å². The van der Waals surface area contributed by atoms with Crippen LogP contribution in [0, 0.1) is 12.3 Å². The molecule has 0 fully saturated rings. The highest BCUT2D eigenvalue weighted by molar-refractivity contribution is 6.31. The van der Waals surface area contributed by atoms with Crippen molar-refractivity contribution >= 4 is 17.5 Å². The van der Waals surface area contributed by atoms with Gasteiger partial charge in [-0.05, 0) is 26.3 Å². The first-order valence-electron chi connectivity index (χ1n) is 5.55. The number of terminal acetylenes is 1. The summed E-state index contributed by atoms with van der Waals surface area (Å²) in [5.41, 5.74) is -0.120. The standard InChI is InChI=1S/C13H17ClN2O/c1-5-7-16-9-10(14)8-11(16)12(17)15-13(3,4)6-2/h2,8-9H,5,7H2,1,3-4H3,(H,15,17). The van der Waals surface area contributed by atoms with Crippen LogP contribution >= 0.6 is 11.6 Å². The number of amides is 1. The zero-order valence-corrected chi connectivity index (χ0v) is 11.1. The average Bonchev–Trinajstić information content (AvgIpc) is 2.60. The molecule has 0 radical (unpaired) electrons. The van der Waals surface area contributed by atoms with Gasteiger partial charge in [-0.25, -0.2) is 0 Å². The molecule has 0 bridgehead atoms. The van der Waals surface area contributed by atoms with Gasteiger partial charge in [0, 0.05) is 12.7 Å². The number of rotatable bonds is 4. The Labute approximate surface area is 107 Å². The summed E-state index contributed by atoms with van der Waals surface area (Å²) in [5.74, 6) is 2.33. The molecule has 3 nitrogen and oxygen atoms in total. The van der Waals surface area contributed by atoms with Crippen LogP contribution in [0.3, 0.4) is 0 Å². The molecule has 0 aromatic carbocycles. The lowest BCUT2D eigenvalue weighted by Crippen LogP contribution is -2.42. The summed E-state index contributed by atoms with van der Waals surface area (Å²) < 4.78 is 1.84. The lowest BCUT2D eigenvalue weighted by molar-refractivity contribution is 0.0920. The quantitative estimate of drug-likeness (QED) is 0.822. The smallest absolute Gasteiger partial charge is 0.269 e. The molecule has 0 saturated carbocycles. The first-order chi connectivity index (χ1) is 7.89. The fourth-order valence-corrected chi connectivity index (χ4v) is 1.70. The summed E-state index contributed by atoms with van der Waals surface area (Å²) in [6.45, 7) is 6.35. The van der Waals surface area contributed by atoms with Gasteiger partial charge in [0.1, 0.15) is 5.69 Å². The SMILES string of the molecule is C#CC(C)(C)NC(=O)c1cc(Cl)cn1CCC. The number of halogens is 1. The van der Waals surface area contributed by atoms with E-state index in [-0.39, 0.29) is 5.91 Å². The third kappa shape index (κ3) is 3.54. The van der Waals surface area contributed by atoms with Gasteiger partial charge in [-0.2, -0.15) is 0 Å². The van der Waals surface area contributed by atoms with Crippen molar-refractivity contribution in [3.05, 3.63) is 23.0 Å². The molecule has 1 heterocycles. The topological polar surface area (TPSA) is 34.0 Å². The van der Waals surface area contributed by atoms with Crippen molar-refractivity contribution in [3.63, 3.8) is 0 Å². The second kappa shape index (κ2) is 5.29. The highest BCUT2D eigenvalue weighted by Crippen LogP contribution is 2.15. The molecule has 0 atom stereocenters. The Morgan fingerprint density at radius 3 is 2.82 bits per heavy atom. The van der Waals surface area contributed by atoms with Gasteiger partial charge in [0.05, 0.1) is 10.6 Å². The van der Waals surface area contributed by atoms with Gasteiger partial charge in [0.2, 0.25) is 0 Å². The normalized spacial score (nSPS) is 11.0. The van der Waals surface area contributed by atoms with Crippen molar-refractivity contribution in [2.45, 2.75) is 39.3 Å². The van der Waals surface area contributed by atoms with Gasteiger partial charge in [-0.3, -0.25) is 4.79 Å². The highest BCUT2D eigenvalue weighted by Gasteiger charge is 2.20. The third-order valence-electron chi connectivity index (χ3n) is 2.35. The maximum absolute atomic E-state index is 12.0.